The van der Waals surface area contributed by atoms with Crippen LogP contribution in [0.3, 0.4) is 0 Å². The fourth-order valence-electron chi connectivity index (χ4n) is 5.03. The van der Waals surface area contributed by atoms with E-state index >= 15 is 0 Å². The van der Waals surface area contributed by atoms with Crippen LogP contribution in [0.15, 0.2) is 54.6 Å². The van der Waals surface area contributed by atoms with Crippen LogP contribution in [0.25, 0.3) is 6.08 Å². The number of hydrogen-bond donors (Lipinski definition) is 1. The summed E-state index contributed by atoms with van der Waals surface area (Å²) in [6.45, 7) is 2.61. The molecule has 180 valence electrons. The summed E-state index contributed by atoms with van der Waals surface area (Å²) in [5.74, 6) is 1.53. The number of urea groups is 1. The number of carbonyl (C=O) groups is 2. The maximum Gasteiger partial charge on any atom is 0.324 e. The first-order valence-corrected chi connectivity index (χ1v) is 11.7. The molecule has 1 N–H and O–H groups in total. The Kier molecular flexibility index (Phi) is 7.22. The Balaban J connectivity index is 1.42. The van der Waals surface area contributed by atoms with E-state index in [9.17, 15) is 9.59 Å². The third-order valence-corrected chi connectivity index (χ3v) is 7.01. The lowest BCUT2D eigenvalue weighted by atomic mass is 9.74. The smallest absolute Gasteiger partial charge is 0.324 e. The molecule has 4 rings (SSSR count). The van der Waals surface area contributed by atoms with Gasteiger partial charge in [-0.05, 0) is 67.2 Å². The molecule has 2 aromatic carbocycles. The third kappa shape index (κ3) is 4.94. The number of nitrogens with zero attached hydrogens (tertiary/aromatic N) is 2. The summed E-state index contributed by atoms with van der Waals surface area (Å²) < 4.78 is 10.6. The van der Waals surface area contributed by atoms with Gasteiger partial charge in [0.15, 0.2) is 0 Å². The highest BCUT2D eigenvalue weighted by Gasteiger charge is 2.54. The Bertz CT molecular complexity index is 1040. The molecule has 2 saturated heterocycles. The van der Waals surface area contributed by atoms with Gasteiger partial charge in [-0.1, -0.05) is 36.4 Å². The van der Waals surface area contributed by atoms with Crippen molar-refractivity contribution in [3.05, 3.63) is 65.7 Å². The number of hydrogen-bond acceptors (Lipinski definition) is 5. The molecular weight excluding hydrogens is 430 g/mol. The van der Waals surface area contributed by atoms with Crippen molar-refractivity contribution in [2.24, 2.45) is 5.92 Å². The van der Waals surface area contributed by atoms with Crippen LogP contribution in [0, 0.1) is 5.92 Å². The zero-order valence-electron chi connectivity index (χ0n) is 20.1. The normalized spacial score (nSPS) is 21.8. The van der Waals surface area contributed by atoms with E-state index in [2.05, 4.69) is 22.4 Å². The van der Waals surface area contributed by atoms with Gasteiger partial charge in [0.2, 0.25) is 0 Å². The highest BCUT2D eigenvalue weighted by atomic mass is 16.5. The molecule has 2 aliphatic rings. The lowest BCUT2D eigenvalue weighted by Crippen LogP contribution is -2.57. The molecule has 0 saturated carbocycles. The number of ether oxygens (including phenoxy) is 2. The van der Waals surface area contributed by atoms with E-state index in [1.807, 2.05) is 48.5 Å². The van der Waals surface area contributed by atoms with E-state index in [4.69, 9.17) is 9.47 Å². The first-order valence-electron chi connectivity index (χ1n) is 11.7. The molecule has 1 atom stereocenters. The molecule has 2 aromatic rings. The van der Waals surface area contributed by atoms with Crippen LogP contribution in [0.1, 0.15) is 24.0 Å². The van der Waals surface area contributed by atoms with Gasteiger partial charge in [0.25, 0.3) is 5.91 Å². The number of amides is 3. The minimum atomic E-state index is -0.913. The van der Waals surface area contributed by atoms with Crippen molar-refractivity contribution in [3.63, 3.8) is 0 Å². The van der Waals surface area contributed by atoms with Crippen LogP contribution in [0.4, 0.5) is 4.79 Å². The molecule has 34 heavy (non-hydrogen) atoms. The molecule has 3 amide bonds. The van der Waals surface area contributed by atoms with Crippen molar-refractivity contribution < 1.29 is 19.1 Å². The molecular formula is C27H33N3O4. The second-order valence-corrected chi connectivity index (χ2v) is 9.04. The van der Waals surface area contributed by atoms with Crippen LogP contribution in [0.5, 0.6) is 11.5 Å². The fourth-order valence-corrected chi connectivity index (χ4v) is 5.03. The van der Waals surface area contributed by atoms with Gasteiger partial charge in [-0.15, -0.1) is 0 Å². The lowest BCUT2D eigenvalue weighted by molar-refractivity contribution is -0.133. The summed E-state index contributed by atoms with van der Waals surface area (Å²) in [6, 6.07) is 15.4. The SMILES string of the molecule is COc1ccc(/C=C/CN2CCC(C3(Cc4cccc(OC)c4)NC(=O)N(C)C3=O)CC2)cc1. The standard InChI is InChI=1S/C27H33N3O4/c1-29-25(31)27(28-26(29)32,19-21-6-4-8-24(18-21)34-3)22-13-16-30(17-14-22)15-5-7-20-9-11-23(33-2)12-10-20/h4-12,18,22H,13-17,19H2,1-3H3,(H,28,32)/b7-5+. The molecule has 7 nitrogen and oxygen atoms in total. The van der Waals surface area contributed by atoms with Crippen LogP contribution in [-0.2, 0) is 11.2 Å². The molecule has 0 aromatic heterocycles. The molecule has 2 heterocycles. The maximum atomic E-state index is 13.3. The number of methoxy groups -OCH3 is 2. The largest absolute Gasteiger partial charge is 0.497 e. The van der Waals surface area contributed by atoms with E-state index in [0.29, 0.717) is 6.42 Å². The zero-order chi connectivity index (χ0) is 24.1. The predicted molar refractivity (Wildman–Crippen MR) is 132 cm³/mol. The topological polar surface area (TPSA) is 71.1 Å². The number of rotatable bonds is 8. The van der Waals surface area contributed by atoms with Gasteiger partial charge in [-0.3, -0.25) is 14.6 Å². The Morgan fingerprint density at radius 1 is 1.03 bits per heavy atom. The van der Waals surface area contributed by atoms with Crippen molar-refractivity contribution in [2.75, 3.05) is 40.9 Å². The average molecular weight is 464 g/mol. The van der Waals surface area contributed by atoms with Gasteiger partial charge in [-0.25, -0.2) is 4.79 Å². The van der Waals surface area contributed by atoms with Crippen LogP contribution in [-0.4, -0.2) is 68.2 Å². The minimum Gasteiger partial charge on any atom is -0.497 e. The first kappa shape index (κ1) is 23.8. The van der Waals surface area contributed by atoms with E-state index in [-0.39, 0.29) is 17.9 Å². The van der Waals surface area contributed by atoms with Crippen LogP contribution in [0.2, 0.25) is 0 Å². The number of imide groups is 1. The minimum absolute atomic E-state index is 0.0712. The van der Waals surface area contributed by atoms with Crippen molar-refractivity contribution in [1.82, 2.24) is 15.1 Å². The summed E-state index contributed by atoms with van der Waals surface area (Å²) >= 11 is 0. The number of piperidine rings is 1. The van der Waals surface area contributed by atoms with Gasteiger partial charge in [0.05, 0.1) is 14.2 Å². The number of carbonyl (C=O) groups excluding carboxylic acids is 2. The van der Waals surface area contributed by atoms with Crippen LogP contribution < -0.4 is 14.8 Å². The van der Waals surface area contributed by atoms with Crippen molar-refractivity contribution in [2.45, 2.75) is 24.8 Å². The average Bonchev–Trinajstić information content (AvgIpc) is 3.09. The number of likely N-dealkylation sites (tertiary alicyclic amines) is 1. The molecule has 2 aliphatic heterocycles. The maximum absolute atomic E-state index is 13.3. The predicted octanol–water partition coefficient (Wildman–Crippen LogP) is 3.59. The Morgan fingerprint density at radius 2 is 1.74 bits per heavy atom. The molecule has 2 fully saturated rings. The molecule has 0 radical (unpaired) electrons. The van der Waals surface area contributed by atoms with Crippen molar-refractivity contribution in [3.8, 4) is 11.5 Å². The van der Waals surface area contributed by atoms with Gasteiger partial charge in [0, 0.05) is 20.0 Å². The quantitative estimate of drug-likeness (QED) is 0.606. The molecule has 0 bridgehead atoms. The molecule has 7 heteroatoms. The van der Waals surface area contributed by atoms with Gasteiger partial charge >= 0.3 is 6.03 Å². The second kappa shape index (κ2) is 10.3. The van der Waals surface area contributed by atoms with Crippen molar-refractivity contribution in [1.29, 1.82) is 0 Å². The Hall–Kier alpha value is -3.32. The first-order chi connectivity index (χ1) is 16.4. The second-order valence-electron chi connectivity index (χ2n) is 9.04. The summed E-state index contributed by atoms with van der Waals surface area (Å²) in [4.78, 5) is 29.4. The Morgan fingerprint density at radius 3 is 2.35 bits per heavy atom. The van der Waals surface area contributed by atoms with Crippen LogP contribution >= 0.6 is 0 Å². The fraction of sp³-hybridized carbons (Fsp3) is 0.407. The van der Waals surface area contributed by atoms with E-state index in [0.717, 1.165) is 55.1 Å². The van der Waals surface area contributed by atoms with E-state index in [1.54, 1.807) is 21.3 Å². The van der Waals surface area contributed by atoms with E-state index < -0.39 is 5.54 Å². The highest BCUT2D eigenvalue weighted by Crippen LogP contribution is 2.36. The molecule has 0 aliphatic carbocycles. The zero-order valence-corrected chi connectivity index (χ0v) is 20.1. The van der Waals surface area contributed by atoms with Crippen molar-refractivity contribution >= 4 is 18.0 Å². The monoisotopic (exact) mass is 463 g/mol. The van der Waals surface area contributed by atoms with E-state index in [1.165, 1.54) is 4.90 Å². The summed E-state index contributed by atoms with van der Waals surface area (Å²) in [7, 11) is 4.85. The third-order valence-electron chi connectivity index (χ3n) is 7.01. The summed E-state index contributed by atoms with van der Waals surface area (Å²) in [5.41, 5.74) is 1.20. The van der Waals surface area contributed by atoms with Gasteiger partial charge < -0.3 is 14.8 Å². The number of nitrogens with one attached hydrogen (secondary N) is 1. The number of benzene rings is 2. The lowest BCUT2D eigenvalue weighted by Gasteiger charge is -2.40. The molecule has 0 spiro atoms. The molecule has 1 unspecified atom stereocenters. The highest BCUT2D eigenvalue weighted by molar-refractivity contribution is 6.07. The van der Waals surface area contributed by atoms with Gasteiger partial charge in [0.1, 0.15) is 17.0 Å². The van der Waals surface area contributed by atoms with Gasteiger partial charge in [-0.2, -0.15) is 0 Å². The number of likely N-dealkylation sites (N-methyl/N-ethyl adjacent to an activating group) is 1. The summed E-state index contributed by atoms with van der Waals surface area (Å²) in [6.07, 6.45) is 6.44. The Labute approximate surface area is 201 Å². The summed E-state index contributed by atoms with van der Waals surface area (Å²) in [5, 5.41) is 3.07.